The van der Waals surface area contributed by atoms with Crippen molar-refractivity contribution >= 4 is 70.4 Å². The predicted octanol–water partition coefficient (Wildman–Crippen LogP) is 17.3. The molecule has 0 radical (unpaired) electrons. The van der Waals surface area contributed by atoms with Gasteiger partial charge in [0.25, 0.3) is 0 Å². The number of benzene rings is 10. The highest BCUT2D eigenvalue weighted by Crippen LogP contribution is 2.49. The van der Waals surface area contributed by atoms with Gasteiger partial charge >= 0.3 is 0 Å². The minimum absolute atomic E-state index is 1.08. The van der Waals surface area contributed by atoms with Gasteiger partial charge < -0.3 is 9.47 Å². The quantitative estimate of drug-likeness (QED) is 0.148. The van der Waals surface area contributed by atoms with Gasteiger partial charge in [-0.15, -0.1) is 11.3 Å². The van der Waals surface area contributed by atoms with E-state index in [1.807, 2.05) is 11.3 Å². The molecule has 0 bridgehead atoms. The predicted molar refractivity (Wildman–Crippen MR) is 270 cm³/mol. The zero-order valence-electron chi connectivity index (χ0n) is 34.4. The van der Waals surface area contributed by atoms with Crippen LogP contribution < -0.4 is 4.90 Å². The van der Waals surface area contributed by atoms with E-state index in [0.29, 0.717) is 0 Å². The lowest BCUT2D eigenvalue weighted by atomic mass is 9.87. The van der Waals surface area contributed by atoms with Crippen LogP contribution in [0.5, 0.6) is 0 Å². The molecule has 0 saturated heterocycles. The van der Waals surface area contributed by atoms with Gasteiger partial charge in [0, 0.05) is 53.6 Å². The number of nitrogens with zero attached hydrogens (tertiary/aromatic N) is 2. The molecule has 0 unspecified atom stereocenters. The van der Waals surface area contributed by atoms with E-state index in [0.717, 1.165) is 28.3 Å². The van der Waals surface area contributed by atoms with Crippen LogP contribution in [0.2, 0.25) is 0 Å². The first-order chi connectivity index (χ1) is 31.3. The maximum atomic E-state index is 2.46. The Morgan fingerprint density at radius 1 is 0.317 bits per heavy atom. The maximum Gasteiger partial charge on any atom is 0.0546 e. The zero-order chi connectivity index (χ0) is 41.7. The second-order valence-electron chi connectivity index (χ2n) is 16.1. The van der Waals surface area contributed by atoms with E-state index < -0.39 is 0 Å². The Morgan fingerprint density at radius 2 is 0.857 bits per heavy atom. The topological polar surface area (TPSA) is 8.17 Å². The summed E-state index contributed by atoms with van der Waals surface area (Å²) in [4.78, 5) is 2.46. The molecule has 3 heteroatoms. The van der Waals surface area contributed by atoms with Crippen LogP contribution in [-0.4, -0.2) is 4.57 Å². The number of hydrogen-bond donors (Lipinski definition) is 0. The van der Waals surface area contributed by atoms with Crippen molar-refractivity contribution in [3.63, 3.8) is 0 Å². The van der Waals surface area contributed by atoms with Crippen molar-refractivity contribution in [1.29, 1.82) is 0 Å². The van der Waals surface area contributed by atoms with Crippen LogP contribution in [0.4, 0.5) is 17.1 Å². The second kappa shape index (κ2) is 15.5. The van der Waals surface area contributed by atoms with Gasteiger partial charge in [-0.2, -0.15) is 0 Å². The lowest BCUT2D eigenvalue weighted by Gasteiger charge is -2.30. The molecule has 12 rings (SSSR count). The van der Waals surface area contributed by atoms with E-state index in [9.17, 15) is 0 Å². The summed E-state index contributed by atoms with van der Waals surface area (Å²) in [7, 11) is 0. The summed E-state index contributed by atoms with van der Waals surface area (Å²) in [6.45, 7) is 0. The van der Waals surface area contributed by atoms with E-state index in [-0.39, 0.29) is 0 Å². The minimum Gasteiger partial charge on any atom is -0.310 e. The molecule has 0 fully saturated rings. The van der Waals surface area contributed by atoms with E-state index in [1.54, 1.807) is 0 Å². The van der Waals surface area contributed by atoms with Crippen molar-refractivity contribution in [3.05, 3.63) is 243 Å². The van der Waals surface area contributed by atoms with E-state index in [4.69, 9.17) is 0 Å². The Balaban J connectivity index is 1.05. The Kier molecular flexibility index (Phi) is 9.06. The number of hydrogen-bond acceptors (Lipinski definition) is 2. The molecule has 2 heterocycles. The molecule has 10 aromatic carbocycles. The molecule has 0 spiro atoms. The molecule has 0 saturated carbocycles. The largest absolute Gasteiger partial charge is 0.310 e. The third kappa shape index (κ3) is 6.41. The third-order valence-corrected chi connectivity index (χ3v) is 13.5. The second-order valence-corrected chi connectivity index (χ2v) is 17.1. The van der Waals surface area contributed by atoms with Gasteiger partial charge in [-0.05, 0) is 99.6 Å². The molecule has 0 aliphatic rings. The average Bonchev–Trinajstić information content (AvgIpc) is 3.90. The highest BCUT2D eigenvalue weighted by Gasteiger charge is 2.23. The Hall–Kier alpha value is -7.98. The van der Waals surface area contributed by atoms with Gasteiger partial charge in [-0.3, -0.25) is 0 Å². The lowest BCUT2D eigenvalue weighted by molar-refractivity contribution is 1.18. The van der Waals surface area contributed by atoms with E-state index >= 15 is 0 Å². The van der Waals surface area contributed by atoms with Crippen LogP contribution in [0.1, 0.15) is 0 Å². The van der Waals surface area contributed by atoms with Crippen LogP contribution >= 0.6 is 11.3 Å². The lowest BCUT2D eigenvalue weighted by Crippen LogP contribution is -2.12. The fourth-order valence-electron chi connectivity index (χ4n) is 9.55. The monoisotopic (exact) mass is 820 g/mol. The third-order valence-electron chi connectivity index (χ3n) is 12.4. The molecular weight excluding hydrogens is 781 g/mol. The van der Waals surface area contributed by atoms with Crippen molar-refractivity contribution in [1.82, 2.24) is 4.57 Å². The van der Waals surface area contributed by atoms with Gasteiger partial charge in [0.1, 0.15) is 0 Å². The van der Waals surface area contributed by atoms with Gasteiger partial charge in [0.05, 0.1) is 16.7 Å². The molecule has 0 aliphatic heterocycles. The van der Waals surface area contributed by atoms with Gasteiger partial charge in [0.15, 0.2) is 0 Å². The molecule has 63 heavy (non-hydrogen) atoms. The van der Waals surface area contributed by atoms with Crippen LogP contribution in [0.3, 0.4) is 0 Å². The first-order valence-electron chi connectivity index (χ1n) is 21.5. The molecule has 12 aromatic rings. The standard InChI is InChI=1S/C60H40N2S/c1-3-17-42(18-4-1)48-23-7-8-27-54(48)60-49(43-19-5-2-6-20-43)28-16-31-57(60)61(47-37-38-53-52-26-11-14-32-58(52)63-59(53)40-47)45-35-33-41(34-36-45)44-21-15-22-46(39-44)62-55-29-12-9-24-50(55)51-25-10-13-30-56(51)62/h1-40H. The molecule has 296 valence electrons. The van der Waals surface area contributed by atoms with Crippen molar-refractivity contribution in [2.75, 3.05) is 4.90 Å². The van der Waals surface area contributed by atoms with Gasteiger partial charge in [0.2, 0.25) is 0 Å². The Labute approximate surface area is 370 Å². The smallest absolute Gasteiger partial charge is 0.0546 e. The van der Waals surface area contributed by atoms with E-state index in [1.165, 1.54) is 80.9 Å². The highest BCUT2D eigenvalue weighted by molar-refractivity contribution is 7.25. The fraction of sp³-hybridized carbons (Fsp3) is 0. The Bertz CT molecular complexity index is 3570. The van der Waals surface area contributed by atoms with Crippen LogP contribution in [-0.2, 0) is 0 Å². The number of anilines is 3. The van der Waals surface area contributed by atoms with Crippen molar-refractivity contribution < 1.29 is 0 Å². The molecule has 0 N–H and O–H groups in total. The summed E-state index contributed by atoms with van der Waals surface area (Å²) in [6, 6.07) is 88.5. The first-order valence-corrected chi connectivity index (χ1v) is 22.3. The van der Waals surface area contributed by atoms with Gasteiger partial charge in [-0.25, -0.2) is 0 Å². The number of rotatable bonds is 8. The summed E-state index contributed by atoms with van der Waals surface area (Å²) in [6.07, 6.45) is 0. The molecule has 0 amide bonds. The van der Waals surface area contributed by atoms with Crippen LogP contribution in [0, 0.1) is 0 Å². The number of fused-ring (bicyclic) bond motifs is 6. The highest BCUT2D eigenvalue weighted by atomic mass is 32.1. The summed E-state index contributed by atoms with van der Waals surface area (Å²) in [5.41, 5.74) is 16.3. The number of para-hydroxylation sites is 2. The number of aromatic nitrogens is 1. The summed E-state index contributed by atoms with van der Waals surface area (Å²) >= 11 is 1.86. The maximum absolute atomic E-state index is 2.46. The van der Waals surface area contributed by atoms with Crippen molar-refractivity contribution in [3.8, 4) is 50.2 Å². The van der Waals surface area contributed by atoms with Crippen LogP contribution in [0.15, 0.2) is 243 Å². The van der Waals surface area contributed by atoms with Gasteiger partial charge in [-0.1, -0.05) is 182 Å². The summed E-state index contributed by atoms with van der Waals surface area (Å²) < 4.78 is 4.96. The van der Waals surface area contributed by atoms with Crippen molar-refractivity contribution in [2.45, 2.75) is 0 Å². The molecule has 2 nitrogen and oxygen atoms in total. The molecule has 0 aliphatic carbocycles. The average molecular weight is 821 g/mol. The Morgan fingerprint density at radius 3 is 1.59 bits per heavy atom. The molecule has 2 aromatic heterocycles. The van der Waals surface area contributed by atoms with Crippen LogP contribution in [0.25, 0.3) is 92.2 Å². The minimum atomic E-state index is 1.08. The summed E-state index contributed by atoms with van der Waals surface area (Å²) in [5.74, 6) is 0. The normalized spacial score (nSPS) is 11.5. The zero-order valence-corrected chi connectivity index (χ0v) is 35.2. The SMILES string of the molecule is c1ccc(-c2ccccc2-c2c(-c3ccccc3)cccc2N(c2ccc(-c3cccc(-n4c5ccccc5c5ccccc54)c3)cc2)c2ccc3c(c2)sc2ccccc23)cc1. The first kappa shape index (κ1) is 36.8. The molecule has 0 atom stereocenters. The van der Waals surface area contributed by atoms with E-state index in [2.05, 4.69) is 252 Å². The van der Waals surface area contributed by atoms with Crippen molar-refractivity contribution in [2.24, 2.45) is 0 Å². The summed E-state index contributed by atoms with van der Waals surface area (Å²) in [5, 5.41) is 5.11. The fourth-order valence-corrected chi connectivity index (χ4v) is 10.7. The number of thiophene rings is 1. The molecular formula is C60H40N2S.